The maximum absolute atomic E-state index is 5.67. The molecule has 1 aliphatic carbocycles. The van der Waals surface area contributed by atoms with Crippen LogP contribution in [0.15, 0.2) is 18.3 Å². The van der Waals surface area contributed by atoms with E-state index in [1.807, 2.05) is 6.20 Å². The zero-order valence-corrected chi connectivity index (χ0v) is 11.3. The number of rotatable bonds is 8. The SMILES string of the molecule is CCNCc1ccc(COCCC2CCC2)nc1. The van der Waals surface area contributed by atoms with E-state index in [0.29, 0.717) is 6.61 Å². The van der Waals surface area contributed by atoms with Crippen molar-refractivity contribution >= 4 is 0 Å². The van der Waals surface area contributed by atoms with Gasteiger partial charge in [0.1, 0.15) is 0 Å². The lowest BCUT2D eigenvalue weighted by atomic mass is 9.83. The van der Waals surface area contributed by atoms with Gasteiger partial charge < -0.3 is 10.1 Å². The molecule has 0 bridgehead atoms. The highest BCUT2D eigenvalue weighted by atomic mass is 16.5. The molecule has 1 fully saturated rings. The summed E-state index contributed by atoms with van der Waals surface area (Å²) < 4.78 is 5.67. The van der Waals surface area contributed by atoms with Crippen molar-refractivity contribution < 1.29 is 4.74 Å². The molecule has 100 valence electrons. The Morgan fingerprint density at radius 2 is 2.28 bits per heavy atom. The van der Waals surface area contributed by atoms with Gasteiger partial charge in [0.05, 0.1) is 12.3 Å². The lowest BCUT2D eigenvalue weighted by Gasteiger charge is -2.24. The number of hydrogen-bond acceptors (Lipinski definition) is 3. The first kappa shape index (κ1) is 13.5. The van der Waals surface area contributed by atoms with E-state index in [4.69, 9.17) is 4.74 Å². The van der Waals surface area contributed by atoms with Gasteiger partial charge in [-0.1, -0.05) is 32.3 Å². The molecule has 0 amide bonds. The third-order valence-corrected chi connectivity index (χ3v) is 3.61. The van der Waals surface area contributed by atoms with Gasteiger partial charge in [-0.3, -0.25) is 4.98 Å². The molecule has 3 nitrogen and oxygen atoms in total. The van der Waals surface area contributed by atoms with E-state index in [0.717, 1.165) is 31.3 Å². The molecule has 1 heterocycles. The topological polar surface area (TPSA) is 34.1 Å². The van der Waals surface area contributed by atoms with Crippen LogP contribution in [-0.2, 0) is 17.9 Å². The molecule has 0 saturated heterocycles. The normalized spacial score (nSPS) is 15.6. The highest BCUT2D eigenvalue weighted by Gasteiger charge is 2.16. The molecule has 1 aromatic rings. The van der Waals surface area contributed by atoms with Gasteiger partial charge in [-0.15, -0.1) is 0 Å². The van der Waals surface area contributed by atoms with Crippen LogP contribution in [0.4, 0.5) is 0 Å². The van der Waals surface area contributed by atoms with Gasteiger partial charge in [0.15, 0.2) is 0 Å². The lowest BCUT2D eigenvalue weighted by molar-refractivity contribution is 0.0929. The quantitative estimate of drug-likeness (QED) is 0.718. The minimum atomic E-state index is 0.647. The molecule has 0 spiro atoms. The van der Waals surface area contributed by atoms with Gasteiger partial charge in [-0.25, -0.2) is 0 Å². The van der Waals surface area contributed by atoms with E-state index >= 15 is 0 Å². The van der Waals surface area contributed by atoms with E-state index in [2.05, 4.69) is 29.4 Å². The lowest BCUT2D eigenvalue weighted by Crippen LogP contribution is -2.13. The summed E-state index contributed by atoms with van der Waals surface area (Å²) in [7, 11) is 0. The summed E-state index contributed by atoms with van der Waals surface area (Å²) >= 11 is 0. The van der Waals surface area contributed by atoms with E-state index in [1.165, 1.54) is 31.2 Å². The van der Waals surface area contributed by atoms with Crippen molar-refractivity contribution in [2.75, 3.05) is 13.2 Å². The third kappa shape index (κ3) is 4.39. The molecule has 3 heteroatoms. The molecule has 1 aromatic heterocycles. The minimum absolute atomic E-state index is 0.647. The molecule has 1 N–H and O–H groups in total. The molecule has 1 saturated carbocycles. The van der Waals surface area contributed by atoms with Crippen LogP contribution in [0, 0.1) is 5.92 Å². The number of pyridine rings is 1. The second-order valence-corrected chi connectivity index (χ2v) is 5.08. The van der Waals surface area contributed by atoms with Crippen molar-refractivity contribution in [3.63, 3.8) is 0 Å². The Bertz CT molecular complexity index is 333. The van der Waals surface area contributed by atoms with Crippen LogP contribution in [0.3, 0.4) is 0 Å². The van der Waals surface area contributed by atoms with Gasteiger partial charge in [0.2, 0.25) is 0 Å². The number of ether oxygens (including phenoxy) is 1. The Labute approximate surface area is 110 Å². The third-order valence-electron chi connectivity index (χ3n) is 3.61. The smallest absolute Gasteiger partial charge is 0.0887 e. The van der Waals surface area contributed by atoms with Crippen LogP contribution < -0.4 is 5.32 Å². The molecule has 0 aliphatic heterocycles. The van der Waals surface area contributed by atoms with Crippen molar-refractivity contribution in [2.24, 2.45) is 5.92 Å². The molecular formula is C15H24N2O. The second kappa shape index (κ2) is 7.49. The summed E-state index contributed by atoms with van der Waals surface area (Å²) in [4.78, 5) is 4.42. The van der Waals surface area contributed by atoms with Crippen molar-refractivity contribution in [3.05, 3.63) is 29.6 Å². The first-order valence-electron chi connectivity index (χ1n) is 7.10. The van der Waals surface area contributed by atoms with Crippen LogP contribution >= 0.6 is 0 Å². The Morgan fingerprint density at radius 3 is 2.89 bits per heavy atom. The molecule has 0 atom stereocenters. The summed E-state index contributed by atoms with van der Waals surface area (Å²) in [5, 5.41) is 3.29. The monoisotopic (exact) mass is 248 g/mol. The van der Waals surface area contributed by atoms with Gasteiger partial charge >= 0.3 is 0 Å². The fourth-order valence-electron chi connectivity index (χ4n) is 2.12. The highest BCUT2D eigenvalue weighted by Crippen LogP contribution is 2.29. The predicted octanol–water partition coefficient (Wildman–Crippen LogP) is 2.90. The van der Waals surface area contributed by atoms with E-state index in [-0.39, 0.29) is 0 Å². The molecule has 2 rings (SSSR count). The number of nitrogens with zero attached hydrogens (tertiary/aromatic N) is 1. The molecule has 0 radical (unpaired) electrons. The van der Waals surface area contributed by atoms with Crippen molar-refractivity contribution in [2.45, 2.75) is 45.8 Å². The van der Waals surface area contributed by atoms with Crippen molar-refractivity contribution in [1.29, 1.82) is 0 Å². The minimum Gasteiger partial charge on any atom is -0.375 e. The van der Waals surface area contributed by atoms with Gasteiger partial charge in [-0.2, -0.15) is 0 Å². The average molecular weight is 248 g/mol. The first-order chi connectivity index (χ1) is 8.88. The Hall–Kier alpha value is -0.930. The Kier molecular flexibility index (Phi) is 5.62. The average Bonchev–Trinajstić information content (AvgIpc) is 2.35. The van der Waals surface area contributed by atoms with E-state index < -0.39 is 0 Å². The number of aromatic nitrogens is 1. The summed E-state index contributed by atoms with van der Waals surface area (Å²) in [5.74, 6) is 0.931. The van der Waals surface area contributed by atoms with Crippen LogP contribution in [0.1, 0.15) is 43.9 Å². The van der Waals surface area contributed by atoms with Crippen LogP contribution in [0.25, 0.3) is 0 Å². The summed E-state index contributed by atoms with van der Waals surface area (Å²) in [6.07, 6.45) is 7.38. The molecular weight excluding hydrogens is 224 g/mol. The maximum Gasteiger partial charge on any atom is 0.0887 e. The van der Waals surface area contributed by atoms with Crippen LogP contribution in [0.2, 0.25) is 0 Å². The van der Waals surface area contributed by atoms with Crippen molar-refractivity contribution in [3.8, 4) is 0 Å². The fraction of sp³-hybridized carbons (Fsp3) is 0.667. The maximum atomic E-state index is 5.67. The molecule has 18 heavy (non-hydrogen) atoms. The Morgan fingerprint density at radius 1 is 1.39 bits per heavy atom. The summed E-state index contributed by atoms with van der Waals surface area (Å²) in [6, 6.07) is 4.19. The predicted molar refractivity (Wildman–Crippen MR) is 73.2 cm³/mol. The zero-order valence-electron chi connectivity index (χ0n) is 11.3. The van der Waals surface area contributed by atoms with Gasteiger partial charge in [0, 0.05) is 19.3 Å². The summed E-state index contributed by atoms with van der Waals surface area (Å²) in [6.45, 7) is 5.52. The van der Waals surface area contributed by atoms with Crippen LogP contribution in [-0.4, -0.2) is 18.1 Å². The number of hydrogen-bond donors (Lipinski definition) is 1. The van der Waals surface area contributed by atoms with E-state index in [1.54, 1.807) is 0 Å². The largest absolute Gasteiger partial charge is 0.375 e. The molecule has 0 aromatic carbocycles. The second-order valence-electron chi connectivity index (χ2n) is 5.08. The molecule has 0 unspecified atom stereocenters. The van der Waals surface area contributed by atoms with E-state index in [9.17, 15) is 0 Å². The fourth-order valence-corrected chi connectivity index (χ4v) is 2.12. The highest BCUT2D eigenvalue weighted by molar-refractivity contribution is 5.13. The molecule has 1 aliphatic rings. The summed E-state index contributed by atoms with van der Waals surface area (Å²) in [5.41, 5.74) is 2.26. The van der Waals surface area contributed by atoms with Gasteiger partial charge in [-0.05, 0) is 30.5 Å². The first-order valence-corrected chi connectivity index (χ1v) is 7.10. The number of nitrogens with one attached hydrogen (secondary N) is 1. The standard InChI is InChI=1S/C15H24N2O/c1-2-16-10-14-6-7-15(17-11-14)12-18-9-8-13-4-3-5-13/h6-7,11,13,16H,2-5,8-10,12H2,1H3. The van der Waals surface area contributed by atoms with Crippen LogP contribution in [0.5, 0.6) is 0 Å². The van der Waals surface area contributed by atoms with Gasteiger partial charge in [0.25, 0.3) is 0 Å². The Balaban J connectivity index is 1.62. The zero-order chi connectivity index (χ0) is 12.6. The van der Waals surface area contributed by atoms with Crippen molar-refractivity contribution in [1.82, 2.24) is 10.3 Å².